The molecule has 4 aliphatic rings. The highest BCUT2D eigenvalue weighted by Crippen LogP contribution is 2.52. The fourth-order valence-corrected chi connectivity index (χ4v) is 9.86. The van der Waals surface area contributed by atoms with Crippen molar-refractivity contribution in [3.63, 3.8) is 0 Å². The minimum absolute atomic E-state index is 0.0284. The molecule has 1 saturated heterocycles. The summed E-state index contributed by atoms with van der Waals surface area (Å²) in [5.41, 5.74) is -4.51. The van der Waals surface area contributed by atoms with E-state index in [4.69, 9.17) is 14.2 Å². The Kier molecular flexibility index (Phi) is 11.7. The van der Waals surface area contributed by atoms with Gasteiger partial charge < -0.3 is 24.6 Å². The second-order valence-electron chi connectivity index (χ2n) is 17.2. The molecule has 0 bridgehead atoms. The number of sulfonamides is 1. The Morgan fingerprint density at radius 1 is 1.12 bits per heavy atom. The van der Waals surface area contributed by atoms with E-state index < -0.39 is 92.2 Å². The van der Waals surface area contributed by atoms with Gasteiger partial charge in [0.2, 0.25) is 21.8 Å². The fraction of sp³-hybridized carbons (Fsp3) is 0.634. The lowest BCUT2D eigenvalue weighted by Gasteiger charge is -2.42. The van der Waals surface area contributed by atoms with Gasteiger partial charge in [0.25, 0.3) is 11.8 Å². The molecule has 2 aliphatic heterocycles. The summed E-state index contributed by atoms with van der Waals surface area (Å²) in [4.78, 5) is 62.1. The third kappa shape index (κ3) is 7.76. The number of carboxylic acid groups (broad SMARTS) is 1. The first-order chi connectivity index (χ1) is 27.6. The molecular weight excluding hydrogens is 793 g/mol. The maximum Gasteiger partial charge on any atom is 0.408 e. The van der Waals surface area contributed by atoms with Crippen LogP contribution in [-0.4, -0.2) is 106 Å². The zero-order valence-corrected chi connectivity index (χ0v) is 35.5. The predicted octanol–water partition coefficient (Wildman–Crippen LogP) is 5.62. The number of hydrogen-bond donors (Lipinski definition) is 3. The molecule has 324 valence electrons. The number of alkyl halides is 2. The van der Waals surface area contributed by atoms with Crippen LogP contribution in [0.15, 0.2) is 36.5 Å². The van der Waals surface area contributed by atoms with E-state index in [1.54, 1.807) is 39.0 Å². The van der Waals surface area contributed by atoms with E-state index in [0.29, 0.717) is 36.8 Å². The molecule has 0 radical (unpaired) electrons. The number of nitrogens with one attached hydrogen (secondary N) is 2. The van der Waals surface area contributed by atoms with Crippen LogP contribution in [0.25, 0.3) is 10.8 Å². The van der Waals surface area contributed by atoms with E-state index >= 15 is 13.6 Å². The molecule has 3 fully saturated rings. The molecule has 1 unspecified atom stereocenters. The molecule has 3 N–H and O–H groups in total. The van der Waals surface area contributed by atoms with Gasteiger partial charge in [0.05, 0.1) is 19.0 Å². The molecule has 59 heavy (non-hydrogen) atoms. The molecule has 1 aromatic carbocycles. The predicted molar refractivity (Wildman–Crippen MR) is 212 cm³/mol. The lowest BCUT2D eigenvalue weighted by molar-refractivity contribution is -0.219. The molecule has 6 rings (SSSR count). The second kappa shape index (κ2) is 15.7. The molecular formula is C41H55F2N5O10S. The number of fused-ring (bicyclic) bond motifs is 3. The van der Waals surface area contributed by atoms with E-state index in [2.05, 4.69) is 15.0 Å². The molecule has 4 amide bonds. The van der Waals surface area contributed by atoms with Crippen molar-refractivity contribution in [2.45, 2.75) is 133 Å². The molecule has 15 nitrogen and oxygen atoms in total. The van der Waals surface area contributed by atoms with E-state index in [1.165, 1.54) is 33.4 Å². The van der Waals surface area contributed by atoms with Gasteiger partial charge in [0.1, 0.15) is 17.6 Å². The largest absolute Gasteiger partial charge is 0.493 e. The van der Waals surface area contributed by atoms with Gasteiger partial charge >= 0.3 is 12.1 Å². The number of carbonyl (C=O) groups is 4. The number of carbonyl (C=O) groups excluding carboxylic acids is 3. The number of halogens is 2. The number of amides is 4. The lowest BCUT2D eigenvalue weighted by Crippen LogP contribution is -2.64. The minimum atomic E-state index is -4.30. The highest BCUT2D eigenvalue weighted by molar-refractivity contribution is 7.91. The van der Waals surface area contributed by atoms with Gasteiger partial charge in [-0.2, -0.15) is 8.78 Å². The summed E-state index contributed by atoms with van der Waals surface area (Å²) in [6.07, 6.45) is 4.83. The second-order valence-corrected chi connectivity index (χ2v) is 19.4. The molecule has 3 heterocycles. The van der Waals surface area contributed by atoms with Gasteiger partial charge in [0, 0.05) is 30.0 Å². The maximum atomic E-state index is 17.7. The number of aromatic nitrogens is 1. The van der Waals surface area contributed by atoms with Crippen molar-refractivity contribution in [2.24, 2.45) is 17.8 Å². The average Bonchev–Trinajstić information content (AvgIpc) is 4.08. The summed E-state index contributed by atoms with van der Waals surface area (Å²) >= 11 is 0. The molecule has 18 heteroatoms. The lowest BCUT2D eigenvalue weighted by atomic mass is 9.86. The van der Waals surface area contributed by atoms with Crippen LogP contribution < -0.4 is 24.2 Å². The average molecular weight is 848 g/mol. The summed E-state index contributed by atoms with van der Waals surface area (Å²) < 4.78 is 79.8. The first kappa shape index (κ1) is 43.8. The van der Waals surface area contributed by atoms with Crippen molar-refractivity contribution in [1.82, 2.24) is 24.8 Å². The smallest absolute Gasteiger partial charge is 0.408 e. The number of hydrogen-bond acceptors (Lipinski definition) is 10. The molecule has 2 saturated carbocycles. The Morgan fingerprint density at radius 3 is 2.39 bits per heavy atom. The van der Waals surface area contributed by atoms with Crippen LogP contribution in [0.2, 0.25) is 0 Å². The summed E-state index contributed by atoms with van der Waals surface area (Å²) in [7, 11) is -1.33. The van der Waals surface area contributed by atoms with E-state index in [9.17, 15) is 27.9 Å². The SMILES string of the molecule is CCC(C)N(C(=O)O)[C@@H]1C(=O)N2[C@@H](C[C@@](C)(Oc3nccc4cc(OC)c(OC)cc34)C2(F)F)C(=O)N[C@]2(C(=O)NS(=O)(=O)C3(C)CC3)C[C@H]2/C=C\CC[C@@H](C)C[C@H]1C. The number of ether oxygens (including phenoxy) is 3. The number of pyridine rings is 1. The Hall–Kier alpha value is -4.74. The van der Waals surface area contributed by atoms with Gasteiger partial charge in [0.15, 0.2) is 17.1 Å². The van der Waals surface area contributed by atoms with Gasteiger partial charge in [-0.1, -0.05) is 32.9 Å². The molecule has 2 aromatic rings. The fourth-order valence-electron chi connectivity index (χ4n) is 8.55. The number of benzene rings is 1. The Balaban J connectivity index is 1.49. The van der Waals surface area contributed by atoms with Crippen molar-refractivity contribution < 1.29 is 55.7 Å². The number of rotatable bonds is 10. The van der Waals surface area contributed by atoms with E-state index in [-0.39, 0.29) is 47.1 Å². The van der Waals surface area contributed by atoms with Crippen LogP contribution in [0, 0.1) is 17.8 Å². The highest BCUT2D eigenvalue weighted by atomic mass is 32.2. The van der Waals surface area contributed by atoms with Crippen LogP contribution >= 0.6 is 0 Å². The summed E-state index contributed by atoms with van der Waals surface area (Å²) in [5.74, 6) is -4.73. The van der Waals surface area contributed by atoms with E-state index in [1.807, 2.05) is 13.0 Å². The monoisotopic (exact) mass is 847 g/mol. The number of allylic oxidation sites excluding steroid dienone is 1. The van der Waals surface area contributed by atoms with Crippen molar-refractivity contribution in [1.29, 1.82) is 0 Å². The van der Waals surface area contributed by atoms with Crippen molar-refractivity contribution in [3.05, 3.63) is 36.5 Å². The molecule has 2 aliphatic carbocycles. The summed E-state index contributed by atoms with van der Waals surface area (Å²) in [6.45, 7) is 9.39. The number of nitrogens with zero attached hydrogens (tertiary/aromatic N) is 3. The molecule has 1 aromatic heterocycles. The zero-order valence-electron chi connectivity index (χ0n) is 34.7. The Labute approximate surface area is 343 Å². The van der Waals surface area contributed by atoms with Gasteiger partial charge in [-0.3, -0.25) is 28.9 Å². The van der Waals surface area contributed by atoms with Gasteiger partial charge in [-0.05, 0) is 101 Å². The normalized spacial score (nSPS) is 31.3. The topological polar surface area (TPSA) is 194 Å². The number of methoxy groups -OCH3 is 2. The Morgan fingerprint density at radius 2 is 1.78 bits per heavy atom. The van der Waals surface area contributed by atoms with Crippen LogP contribution in [-0.2, 0) is 24.4 Å². The third-order valence-corrected chi connectivity index (χ3v) is 15.0. The summed E-state index contributed by atoms with van der Waals surface area (Å²) in [6, 6.07) is -4.05. The minimum Gasteiger partial charge on any atom is -0.493 e. The first-order valence-corrected chi connectivity index (χ1v) is 21.6. The van der Waals surface area contributed by atoms with E-state index in [0.717, 1.165) is 11.8 Å². The maximum absolute atomic E-state index is 17.7. The Bertz CT molecular complexity index is 2150. The van der Waals surface area contributed by atoms with Gasteiger partial charge in [-0.25, -0.2) is 18.2 Å². The zero-order chi connectivity index (χ0) is 43.5. The third-order valence-electron chi connectivity index (χ3n) is 12.9. The molecule has 8 atom stereocenters. The van der Waals surface area contributed by atoms with Gasteiger partial charge in [-0.15, -0.1) is 0 Å². The van der Waals surface area contributed by atoms with Crippen molar-refractivity contribution in [3.8, 4) is 17.4 Å². The first-order valence-electron chi connectivity index (χ1n) is 20.1. The van der Waals surface area contributed by atoms with Crippen LogP contribution in [0.1, 0.15) is 92.9 Å². The van der Waals surface area contributed by atoms with Crippen LogP contribution in [0.3, 0.4) is 0 Å². The standard InChI is InChI=1S/C41H55F2N5O10S/c1-9-25(4)47(37(52)53)32-24(3)18-23(2)12-10-11-13-27-21-40(27,36(51)46-59(54,55)38(5)15-16-38)45-33(49)29-22-39(6,41(42,43)48(29)35(32)50)58-34-28-20-31(57-8)30(56-7)19-26(28)14-17-44-34/h11,13-14,17,19-20,23-25,27,29,32H,9-10,12,15-16,18,21-22H2,1-8H3,(H,45,49)(H,46,51)(H,52,53)/b13-11-/t23-,24-,25?,27-,29+,32+,39-,40-/m1/s1. The highest BCUT2D eigenvalue weighted by Gasteiger charge is 2.71. The molecule has 0 spiro atoms. The van der Waals surface area contributed by atoms with Crippen LogP contribution in [0.4, 0.5) is 13.6 Å². The van der Waals surface area contributed by atoms with Crippen molar-refractivity contribution >= 4 is 44.6 Å². The van der Waals surface area contributed by atoms with Crippen LogP contribution in [0.5, 0.6) is 17.4 Å². The summed E-state index contributed by atoms with van der Waals surface area (Å²) in [5, 5.41) is 13.9. The quantitative estimate of drug-likeness (QED) is 0.199. The van der Waals surface area contributed by atoms with Crippen molar-refractivity contribution in [2.75, 3.05) is 14.2 Å².